The average molecular weight is 476 g/mol. The number of rotatable bonds is 5. The zero-order chi connectivity index (χ0) is 23.6. The van der Waals surface area contributed by atoms with Gasteiger partial charge in [-0.25, -0.2) is 8.42 Å². The summed E-state index contributed by atoms with van der Waals surface area (Å²) in [5.41, 5.74) is 1.50. The lowest BCUT2D eigenvalue weighted by Crippen LogP contribution is -2.45. The second-order valence-corrected chi connectivity index (χ2v) is 10.9. The van der Waals surface area contributed by atoms with Crippen LogP contribution >= 0.6 is 0 Å². The van der Waals surface area contributed by atoms with Gasteiger partial charge in [-0.05, 0) is 57.2 Å². The molecule has 2 saturated heterocycles. The van der Waals surface area contributed by atoms with E-state index in [0.29, 0.717) is 37.4 Å². The molecule has 0 aliphatic carbocycles. The van der Waals surface area contributed by atoms with Gasteiger partial charge in [0.15, 0.2) is 5.76 Å². The minimum Gasteiger partial charge on any atom is -0.497 e. The Morgan fingerprint density at radius 1 is 1.03 bits per heavy atom. The number of hydrogen-bond acceptors (Lipinski definition) is 6. The number of aryl methyl sites for hydroxylation is 2. The molecule has 2 aromatic rings. The summed E-state index contributed by atoms with van der Waals surface area (Å²) in [4.78, 5) is 15.8. The van der Waals surface area contributed by atoms with Crippen molar-refractivity contribution in [2.75, 3.05) is 26.7 Å². The van der Waals surface area contributed by atoms with Crippen LogP contribution in [0.4, 0.5) is 0 Å². The largest absolute Gasteiger partial charge is 0.497 e. The first-order valence-electron chi connectivity index (χ1n) is 11.7. The van der Waals surface area contributed by atoms with Gasteiger partial charge < -0.3 is 14.2 Å². The van der Waals surface area contributed by atoms with Gasteiger partial charge in [0, 0.05) is 25.6 Å². The molecule has 2 aliphatic heterocycles. The summed E-state index contributed by atoms with van der Waals surface area (Å²) in [5.74, 6) is 1.08. The number of carbonyl (C=O) groups excluding carboxylic acids is 1. The number of carbonyl (C=O) groups is 1. The lowest BCUT2D eigenvalue weighted by Gasteiger charge is -2.36. The number of benzene rings is 1. The third-order valence-corrected chi connectivity index (χ3v) is 9.05. The predicted octanol–water partition coefficient (Wildman–Crippen LogP) is 3.84. The van der Waals surface area contributed by atoms with Crippen LogP contribution in [-0.4, -0.2) is 55.4 Å². The number of amides is 1. The minimum absolute atomic E-state index is 0.0509. The molecular formula is C24H33N3O5S. The van der Waals surface area contributed by atoms with Gasteiger partial charge in [0.1, 0.15) is 16.3 Å². The highest BCUT2D eigenvalue weighted by Crippen LogP contribution is 2.35. The average Bonchev–Trinajstić information content (AvgIpc) is 3.01. The van der Waals surface area contributed by atoms with Gasteiger partial charge >= 0.3 is 0 Å². The second-order valence-electron chi connectivity index (χ2n) is 9.00. The van der Waals surface area contributed by atoms with E-state index in [1.807, 2.05) is 29.2 Å². The quantitative estimate of drug-likeness (QED) is 0.652. The normalized spacial score (nSPS) is 21.1. The Hall–Kier alpha value is -2.39. The fraction of sp³-hybridized carbons (Fsp3) is 0.583. The molecule has 0 spiro atoms. The van der Waals surface area contributed by atoms with E-state index in [1.54, 1.807) is 21.0 Å². The van der Waals surface area contributed by atoms with Gasteiger partial charge in [-0.2, -0.15) is 4.31 Å². The molecule has 9 heteroatoms. The van der Waals surface area contributed by atoms with Gasteiger partial charge in [0.2, 0.25) is 15.9 Å². The first-order valence-corrected chi connectivity index (χ1v) is 13.1. The molecule has 8 nitrogen and oxygen atoms in total. The number of hydrogen-bond donors (Lipinski definition) is 0. The maximum atomic E-state index is 13.6. The Kier molecular flexibility index (Phi) is 7.09. The fourth-order valence-electron chi connectivity index (χ4n) is 5.09. The number of nitrogens with zero attached hydrogens (tertiary/aromatic N) is 3. The summed E-state index contributed by atoms with van der Waals surface area (Å²) in [7, 11) is -2.03. The second kappa shape index (κ2) is 9.85. The number of aromatic nitrogens is 1. The van der Waals surface area contributed by atoms with E-state index in [1.165, 1.54) is 4.31 Å². The van der Waals surface area contributed by atoms with Gasteiger partial charge in [-0.15, -0.1) is 0 Å². The SMILES string of the molecule is COc1ccc([C@H]2CCCCCN2C(=O)C2CCN(S(=O)(=O)c3c(C)noc3C)CC2)cc1. The Morgan fingerprint density at radius 2 is 1.73 bits per heavy atom. The van der Waals surface area contributed by atoms with E-state index in [-0.39, 0.29) is 22.8 Å². The van der Waals surface area contributed by atoms with Crippen molar-refractivity contribution < 1.29 is 22.5 Å². The van der Waals surface area contributed by atoms with E-state index >= 15 is 0 Å². The first kappa shape index (κ1) is 23.8. The fourth-order valence-corrected chi connectivity index (χ4v) is 6.86. The highest BCUT2D eigenvalue weighted by atomic mass is 32.2. The maximum absolute atomic E-state index is 13.6. The molecule has 1 aromatic heterocycles. The molecule has 2 aliphatic rings. The van der Waals surface area contributed by atoms with Crippen LogP contribution in [-0.2, 0) is 14.8 Å². The van der Waals surface area contributed by atoms with Gasteiger partial charge in [0.25, 0.3) is 0 Å². The Labute approximate surface area is 195 Å². The predicted molar refractivity (Wildman–Crippen MR) is 123 cm³/mol. The minimum atomic E-state index is -3.68. The van der Waals surface area contributed by atoms with E-state index in [0.717, 1.165) is 43.5 Å². The molecule has 33 heavy (non-hydrogen) atoms. The van der Waals surface area contributed by atoms with Crippen LogP contribution in [0, 0.1) is 19.8 Å². The molecule has 1 atom stereocenters. The number of ether oxygens (including phenoxy) is 1. The van der Waals surface area contributed by atoms with E-state index in [9.17, 15) is 13.2 Å². The lowest BCUT2D eigenvalue weighted by atomic mass is 9.94. The number of methoxy groups -OCH3 is 1. The number of sulfonamides is 1. The van der Waals surface area contributed by atoms with Crippen LogP contribution < -0.4 is 4.74 Å². The summed E-state index contributed by atoms with van der Waals surface area (Å²) in [6.07, 6.45) is 5.19. The number of likely N-dealkylation sites (tertiary alicyclic amines) is 1. The van der Waals surface area contributed by atoms with Gasteiger partial charge in [0.05, 0.1) is 13.2 Å². The van der Waals surface area contributed by atoms with Crippen molar-refractivity contribution in [1.29, 1.82) is 0 Å². The topological polar surface area (TPSA) is 93.0 Å². The molecule has 3 heterocycles. The molecule has 0 saturated carbocycles. The maximum Gasteiger partial charge on any atom is 0.248 e. The van der Waals surface area contributed by atoms with Crippen LogP contribution in [0.1, 0.15) is 61.6 Å². The van der Waals surface area contributed by atoms with E-state index in [2.05, 4.69) is 5.16 Å². The van der Waals surface area contributed by atoms with Crippen molar-refractivity contribution >= 4 is 15.9 Å². The Bertz CT molecular complexity index is 1050. The third kappa shape index (κ3) is 4.80. The summed E-state index contributed by atoms with van der Waals surface area (Å²) < 4.78 is 38.1. The van der Waals surface area contributed by atoms with Crippen LogP contribution in [0.2, 0.25) is 0 Å². The summed E-state index contributed by atoms with van der Waals surface area (Å²) in [6.45, 7) is 4.64. The molecule has 1 amide bonds. The molecule has 180 valence electrons. The van der Waals surface area contributed by atoms with Crippen molar-refractivity contribution in [3.05, 3.63) is 41.3 Å². The van der Waals surface area contributed by atoms with Crippen molar-refractivity contribution in [1.82, 2.24) is 14.4 Å². The molecular weight excluding hydrogens is 442 g/mol. The monoisotopic (exact) mass is 475 g/mol. The summed E-state index contributed by atoms with van der Waals surface area (Å²) >= 11 is 0. The Balaban J connectivity index is 1.47. The van der Waals surface area contributed by atoms with Crippen molar-refractivity contribution in [3.63, 3.8) is 0 Å². The Morgan fingerprint density at radius 3 is 2.33 bits per heavy atom. The van der Waals surface area contributed by atoms with E-state index in [4.69, 9.17) is 9.26 Å². The van der Waals surface area contributed by atoms with Crippen LogP contribution in [0.15, 0.2) is 33.7 Å². The van der Waals surface area contributed by atoms with Crippen LogP contribution in [0.25, 0.3) is 0 Å². The molecule has 1 aromatic carbocycles. The lowest BCUT2D eigenvalue weighted by molar-refractivity contribution is -0.139. The first-order chi connectivity index (χ1) is 15.8. The molecule has 0 bridgehead atoms. The third-order valence-electron chi connectivity index (χ3n) is 6.91. The highest BCUT2D eigenvalue weighted by molar-refractivity contribution is 7.89. The van der Waals surface area contributed by atoms with Gasteiger partial charge in [-0.1, -0.05) is 30.1 Å². The zero-order valence-corrected chi connectivity index (χ0v) is 20.4. The molecule has 2 fully saturated rings. The smallest absolute Gasteiger partial charge is 0.248 e. The highest BCUT2D eigenvalue weighted by Gasteiger charge is 2.38. The molecule has 0 radical (unpaired) electrons. The van der Waals surface area contributed by atoms with E-state index < -0.39 is 10.0 Å². The van der Waals surface area contributed by atoms with Crippen LogP contribution in [0.3, 0.4) is 0 Å². The van der Waals surface area contributed by atoms with Crippen molar-refractivity contribution in [2.45, 2.75) is 63.3 Å². The summed E-state index contributed by atoms with van der Waals surface area (Å²) in [6, 6.07) is 8.04. The zero-order valence-electron chi connectivity index (χ0n) is 19.6. The van der Waals surface area contributed by atoms with Crippen molar-refractivity contribution in [3.8, 4) is 5.75 Å². The molecule has 0 unspecified atom stereocenters. The van der Waals surface area contributed by atoms with Crippen LogP contribution in [0.5, 0.6) is 5.75 Å². The molecule has 4 rings (SSSR count). The van der Waals surface area contributed by atoms with Gasteiger partial charge in [-0.3, -0.25) is 4.79 Å². The number of piperidine rings is 1. The van der Waals surface area contributed by atoms with Crippen molar-refractivity contribution in [2.24, 2.45) is 5.92 Å². The summed E-state index contributed by atoms with van der Waals surface area (Å²) in [5, 5.41) is 3.79. The standard InChI is InChI=1S/C24H33N3O5S/c1-17-23(18(2)32-25-17)33(29,30)26-15-12-20(13-16-26)24(28)27-14-6-4-5-7-22(27)19-8-10-21(31-3)11-9-19/h8-11,20,22H,4-7,12-16H2,1-3H3/t22-/m1/s1. The molecule has 0 N–H and O–H groups in total.